The van der Waals surface area contributed by atoms with Gasteiger partial charge >= 0.3 is 0 Å². The molecule has 7 heteroatoms. The number of methoxy groups -OCH3 is 2. The van der Waals surface area contributed by atoms with Gasteiger partial charge < -0.3 is 20.5 Å². The van der Waals surface area contributed by atoms with Crippen LogP contribution in [0.4, 0.5) is 5.82 Å². The molecule has 1 aromatic carbocycles. The number of aromatic nitrogens is 2. The minimum absolute atomic E-state index is 0.102. The normalized spacial score (nSPS) is 10.0. The van der Waals surface area contributed by atoms with Gasteiger partial charge in [-0.15, -0.1) is 0 Å². The van der Waals surface area contributed by atoms with Crippen LogP contribution in [0.5, 0.6) is 11.5 Å². The Balaban J connectivity index is 2.19. The van der Waals surface area contributed by atoms with Crippen molar-refractivity contribution in [1.82, 2.24) is 9.97 Å². The lowest BCUT2D eigenvalue weighted by molar-refractivity contribution is 0.0996. The van der Waals surface area contributed by atoms with Gasteiger partial charge in [0.15, 0.2) is 11.5 Å². The highest BCUT2D eigenvalue weighted by Crippen LogP contribution is 2.25. The highest BCUT2D eigenvalue weighted by atomic mass is 16.5. The number of hydrogen-bond donors (Lipinski definition) is 2. The molecular weight excluding hydrogens is 272 g/mol. The van der Waals surface area contributed by atoms with Crippen LogP contribution in [0.15, 0.2) is 30.6 Å². The molecule has 2 aromatic rings. The number of hydrogen-bond acceptors (Lipinski definition) is 6. The van der Waals surface area contributed by atoms with E-state index in [1.54, 1.807) is 20.3 Å². The predicted molar refractivity (Wildman–Crippen MR) is 77.4 cm³/mol. The van der Waals surface area contributed by atoms with Gasteiger partial charge in [-0.2, -0.15) is 0 Å². The van der Waals surface area contributed by atoms with Gasteiger partial charge in [-0.1, -0.05) is 0 Å². The van der Waals surface area contributed by atoms with Crippen LogP contribution >= 0.6 is 0 Å². The maximum absolute atomic E-state index is 11.3. The van der Waals surface area contributed by atoms with Crippen molar-refractivity contribution in [3.8, 4) is 11.5 Å². The van der Waals surface area contributed by atoms with Gasteiger partial charge in [0.1, 0.15) is 11.5 Å². The quantitative estimate of drug-likeness (QED) is 0.828. The molecule has 1 aromatic heterocycles. The summed E-state index contributed by atoms with van der Waals surface area (Å²) in [5, 5.41) is 3.03. The zero-order valence-corrected chi connectivity index (χ0v) is 11.8. The van der Waals surface area contributed by atoms with Gasteiger partial charge in [-0.05, 0) is 12.1 Å². The number of rotatable bonds is 6. The maximum atomic E-state index is 11.3. The van der Waals surface area contributed by atoms with E-state index in [4.69, 9.17) is 15.2 Å². The Morgan fingerprint density at radius 2 is 2.00 bits per heavy atom. The molecule has 0 unspecified atom stereocenters. The molecule has 1 amide bonds. The first-order valence-electron chi connectivity index (χ1n) is 6.21. The monoisotopic (exact) mass is 288 g/mol. The number of ether oxygens (including phenoxy) is 2. The molecule has 110 valence electrons. The van der Waals surface area contributed by atoms with Crippen LogP contribution in [0.2, 0.25) is 0 Å². The molecule has 0 aliphatic heterocycles. The highest BCUT2D eigenvalue weighted by molar-refractivity contribution is 5.95. The number of nitrogens with one attached hydrogen (secondary N) is 1. The zero-order chi connectivity index (χ0) is 15.2. The third-order valence-corrected chi connectivity index (χ3v) is 2.87. The van der Waals surface area contributed by atoms with E-state index < -0.39 is 5.91 Å². The number of carbonyl (C=O) groups is 1. The fourth-order valence-corrected chi connectivity index (χ4v) is 1.82. The van der Waals surface area contributed by atoms with E-state index in [0.717, 1.165) is 5.56 Å². The van der Waals surface area contributed by atoms with Crippen LogP contribution in [0.3, 0.4) is 0 Å². The average molecular weight is 288 g/mol. The smallest absolute Gasteiger partial charge is 0.271 e. The number of nitrogens with zero attached hydrogens (tertiary/aromatic N) is 2. The Labute approximate surface area is 122 Å². The van der Waals surface area contributed by atoms with Crippen molar-refractivity contribution < 1.29 is 14.3 Å². The molecule has 0 bridgehead atoms. The maximum Gasteiger partial charge on any atom is 0.271 e. The van der Waals surface area contributed by atoms with Crippen LogP contribution < -0.4 is 20.5 Å². The Kier molecular flexibility index (Phi) is 4.55. The molecule has 0 spiro atoms. The first-order valence-corrected chi connectivity index (χ1v) is 6.21. The third kappa shape index (κ3) is 3.38. The lowest BCUT2D eigenvalue weighted by Gasteiger charge is -2.12. The lowest BCUT2D eigenvalue weighted by atomic mass is 10.2. The summed E-state index contributed by atoms with van der Waals surface area (Å²) in [4.78, 5) is 19.3. The minimum atomic E-state index is -0.632. The molecule has 0 saturated heterocycles. The van der Waals surface area contributed by atoms with Gasteiger partial charge in [-0.25, -0.2) is 9.97 Å². The predicted octanol–water partition coefficient (Wildman–Crippen LogP) is 1.20. The van der Waals surface area contributed by atoms with Crippen LogP contribution in [0, 0.1) is 0 Å². The molecule has 0 aliphatic carbocycles. The summed E-state index contributed by atoms with van der Waals surface area (Å²) in [5.74, 6) is 1.08. The van der Waals surface area contributed by atoms with Crippen molar-refractivity contribution in [3.63, 3.8) is 0 Å². The topological polar surface area (TPSA) is 99.4 Å². The Morgan fingerprint density at radius 3 is 2.67 bits per heavy atom. The largest absolute Gasteiger partial charge is 0.497 e. The fourth-order valence-electron chi connectivity index (χ4n) is 1.82. The summed E-state index contributed by atoms with van der Waals surface area (Å²) in [6, 6.07) is 5.47. The Morgan fingerprint density at radius 1 is 1.24 bits per heavy atom. The second kappa shape index (κ2) is 6.56. The standard InChI is InChI=1S/C14H16N4O3/c1-20-10-4-3-9(11(7-10)21-2)8-18-14-12(13(15)19)16-5-6-17-14/h3-7H,8H2,1-2H3,(H2,15,19)(H,17,18). The lowest BCUT2D eigenvalue weighted by Crippen LogP contribution is -2.17. The van der Waals surface area contributed by atoms with E-state index in [1.165, 1.54) is 12.4 Å². The number of anilines is 1. The fraction of sp³-hybridized carbons (Fsp3) is 0.214. The van der Waals surface area contributed by atoms with E-state index in [9.17, 15) is 4.79 Å². The van der Waals surface area contributed by atoms with Crippen LogP contribution in [0.1, 0.15) is 16.1 Å². The molecule has 7 nitrogen and oxygen atoms in total. The van der Waals surface area contributed by atoms with E-state index in [2.05, 4.69) is 15.3 Å². The molecule has 1 heterocycles. The number of carbonyl (C=O) groups excluding carboxylic acids is 1. The van der Waals surface area contributed by atoms with E-state index in [-0.39, 0.29) is 5.69 Å². The summed E-state index contributed by atoms with van der Waals surface area (Å²) < 4.78 is 10.4. The van der Waals surface area contributed by atoms with E-state index in [1.807, 2.05) is 12.1 Å². The molecule has 0 fully saturated rings. The molecular formula is C14H16N4O3. The van der Waals surface area contributed by atoms with Crippen molar-refractivity contribution in [1.29, 1.82) is 0 Å². The van der Waals surface area contributed by atoms with Crippen LogP contribution in [0.25, 0.3) is 0 Å². The summed E-state index contributed by atoms with van der Waals surface area (Å²) in [5.41, 5.74) is 6.24. The molecule has 2 rings (SSSR count). The molecule has 0 aliphatic rings. The molecule has 3 N–H and O–H groups in total. The van der Waals surface area contributed by atoms with Crippen LogP contribution in [-0.2, 0) is 6.54 Å². The van der Waals surface area contributed by atoms with Crippen molar-refractivity contribution in [2.24, 2.45) is 5.73 Å². The van der Waals surface area contributed by atoms with E-state index >= 15 is 0 Å². The van der Waals surface area contributed by atoms with Crippen LogP contribution in [-0.4, -0.2) is 30.1 Å². The van der Waals surface area contributed by atoms with Crippen molar-refractivity contribution in [2.45, 2.75) is 6.54 Å². The Hall–Kier alpha value is -2.83. The van der Waals surface area contributed by atoms with Gasteiger partial charge in [0.05, 0.1) is 14.2 Å². The summed E-state index contributed by atoms with van der Waals surface area (Å²) >= 11 is 0. The van der Waals surface area contributed by atoms with Gasteiger partial charge in [0.2, 0.25) is 0 Å². The molecule has 0 saturated carbocycles. The summed E-state index contributed by atoms with van der Waals surface area (Å²) in [6.07, 6.45) is 2.90. The van der Waals surface area contributed by atoms with Gasteiger partial charge in [-0.3, -0.25) is 4.79 Å². The first kappa shape index (κ1) is 14.6. The highest BCUT2D eigenvalue weighted by Gasteiger charge is 2.11. The molecule has 21 heavy (non-hydrogen) atoms. The SMILES string of the molecule is COc1ccc(CNc2nccnc2C(N)=O)c(OC)c1. The Bertz CT molecular complexity index is 646. The number of amides is 1. The van der Waals surface area contributed by atoms with Gasteiger partial charge in [0.25, 0.3) is 5.91 Å². The first-order chi connectivity index (χ1) is 10.2. The van der Waals surface area contributed by atoms with Crippen molar-refractivity contribution in [2.75, 3.05) is 19.5 Å². The average Bonchev–Trinajstić information content (AvgIpc) is 2.52. The second-order valence-corrected chi connectivity index (χ2v) is 4.15. The number of primary amides is 1. The van der Waals surface area contributed by atoms with Crippen molar-refractivity contribution >= 4 is 11.7 Å². The number of nitrogens with two attached hydrogens (primary N) is 1. The third-order valence-electron chi connectivity index (χ3n) is 2.87. The zero-order valence-electron chi connectivity index (χ0n) is 11.8. The van der Waals surface area contributed by atoms with Crippen molar-refractivity contribution in [3.05, 3.63) is 41.9 Å². The molecule has 0 atom stereocenters. The minimum Gasteiger partial charge on any atom is -0.497 e. The number of benzene rings is 1. The van der Waals surface area contributed by atoms with E-state index in [0.29, 0.717) is 23.9 Å². The summed E-state index contributed by atoms with van der Waals surface area (Å²) in [6.45, 7) is 0.409. The van der Waals surface area contributed by atoms with Gasteiger partial charge in [0, 0.05) is 30.6 Å². The second-order valence-electron chi connectivity index (χ2n) is 4.15. The molecule has 0 radical (unpaired) electrons. The summed E-state index contributed by atoms with van der Waals surface area (Å²) in [7, 11) is 3.17.